The maximum Gasteiger partial charge on any atom is 0.193 e. The van der Waals surface area contributed by atoms with Crippen molar-refractivity contribution in [3.05, 3.63) is 95.6 Å². The zero-order chi connectivity index (χ0) is 16.1. The van der Waals surface area contributed by atoms with Gasteiger partial charge >= 0.3 is 0 Å². The van der Waals surface area contributed by atoms with Gasteiger partial charge in [0.15, 0.2) is 5.78 Å². The third-order valence-corrected chi connectivity index (χ3v) is 3.87. The molecule has 0 aliphatic rings. The molecule has 23 heavy (non-hydrogen) atoms. The van der Waals surface area contributed by atoms with Crippen molar-refractivity contribution in [1.82, 2.24) is 0 Å². The van der Waals surface area contributed by atoms with Gasteiger partial charge in [-0.1, -0.05) is 78.9 Å². The van der Waals surface area contributed by atoms with Crippen molar-refractivity contribution in [1.29, 1.82) is 0 Å². The number of hydrogen-bond donors (Lipinski definition) is 1. The maximum absolute atomic E-state index is 12.8. The van der Waals surface area contributed by atoms with Crippen molar-refractivity contribution in [2.75, 3.05) is 6.61 Å². The summed E-state index contributed by atoms with van der Waals surface area (Å²) in [5.74, 6) is 0.0284. The largest absolute Gasteiger partial charge is 0.396 e. The molecule has 0 aromatic heterocycles. The van der Waals surface area contributed by atoms with Crippen molar-refractivity contribution >= 4 is 5.78 Å². The van der Waals surface area contributed by atoms with Gasteiger partial charge in [-0.2, -0.15) is 0 Å². The van der Waals surface area contributed by atoms with E-state index in [0.717, 1.165) is 16.7 Å². The van der Waals surface area contributed by atoms with Crippen molar-refractivity contribution in [2.24, 2.45) is 0 Å². The lowest BCUT2D eigenvalue weighted by atomic mass is 9.93. The van der Waals surface area contributed by atoms with Crippen LogP contribution < -0.4 is 0 Å². The van der Waals surface area contributed by atoms with Crippen LogP contribution in [0.4, 0.5) is 0 Å². The molecule has 3 aromatic carbocycles. The zero-order valence-electron chi connectivity index (χ0n) is 12.8. The number of aliphatic hydroxyl groups excluding tert-OH is 1. The highest BCUT2D eigenvalue weighted by Crippen LogP contribution is 2.26. The van der Waals surface area contributed by atoms with E-state index in [-0.39, 0.29) is 12.4 Å². The summed E-state index contributed by atoms with van der Waals surface area (Å²) in [5, 5.41) is 9.00. The molecule has 3 aromatic rings. The van der Waals surface area contributed by atoms with E-state index in [1.807, 2.05) is 78.9 Å². The summed E-state index contributed by atoms with van der Waals surface area (Å²) in [6, 6.07) is 25.0. The minimum absolute atomic E-state index is 0.0284. The number of ketones is 1. The van der Waals surface area contributed by atoms with Gasteiger partial charge in [-0.3, -0.25) is 4.79 Å². The van der Waals surface area contributed by atoms with E-state index in [2.05, 4.69) is 0 Å². The summed E-state index contributed by atoms with van der Waals surface area (Å²) in [5.41, 5.74) is 4.41. The fourth-order valence-corrected chi connectivity index (χ4v) is 2.66. The number of hydrogen-bond acceptors (Lipinski definition) is 2. The minimum atomic E-state index is 0.0284. The molecule has 0 saturated heterocycles. The number of benzene rings is 3. The van der Waals surface area contributed by atoms with E-state index < -0.39 is 0 Å². The molecule has 1 N–H and O–H groups in total. The lowest BCUT2D eigenvalue weighted by molar-refractivity contribution is 0.103. The second-order valence-electron chi connectivity index (χ2n) is 5.41. The highest BCUT2D eigenvalue weighted by Gasteiger charge is 2.13. The van der Waals surface area contributed by atoms with Crippen LogP contribution >= 0.6 is 0 Å². The average molecular weight is 302 g/mol. The third-order valence-electron chi connectivity index (χ3n) is 3.87. The number of carbonyl (C=O) groups is 1. The molecule has 0 spiro atoms. The van der Waals surface area contributed by atoms with E-state index in [1.165, 1.54) is 0 Å². The van der Waals surface area contributed by atoms with Gasteiger partial charge in [-0.25, -0.2) is 0 Å². The predicted octanol–water partition coefficient (Wildman–Crippen LogP) is 4.12. The molecule has 3 rings (SSSR count). The first-order valence-corrected chi connectivity index (χ1v) is 7.68. The van der Waals surface area contributed by atoms with E-state index in [1.54, 1.807) is 0 Å². The summed E-state index contributed by atoms with van der Waals surface area (Å²) in [4.78, 5) is 12.8. The zero-order valence-corrected chi connectivity index (χ0v) is 12.8. The molecule has 0 aliphatic heterocycles. The van der Waals surface area contributed by atoms with Gasteiger partial charge < -0.3 is 5.11 Å². The molecular formula is C21H18O2. The second-order valence-corrected chi connectivity index (χ2v) is 5.41. The smallest absolute Gasteiger partial charge is 0.193 e. The topological polar surface area (TPSA) is 37.3 Å². The predicted molar refractivity (Wildman–Crippen MR) is 92.5 cm³/mol. The van der Waals surface area contributed by atoms with Crippen molar-refractivity contribution in [2.45, 2.75) is 6.42 Å². The van der Waals surface area contributed by atoms with Gasteiger partial charge in [-0.05, 0) is 23.1 Å². The Hall–Kier alpha value is -2.71. The standard InChI is InChI=1S/C21H18O2/c22-15-14-16-10-12-17(13-11-16)19-8-4-5-9-20(19)21(23)18-6-2-1-3-7-18/h1-13,22H,14-15H2. The summed E-state index contributed by atoms with van der Waals surface area (Å²) in [6.45, 7) is 0.141. The van der Waals surface area contributed by atoms with Gasteiger partial charge in [0.05, 0.1) is 0 Å². The summed E-state index contributed by atoms with van der Waals surface area (Å²) < 4.78 is 0. The molecule has 0 radical (unpaired) electrons. The third kappa shape index (κ3) is 3.38. The number of rotatable bonds is 5. The van der Waals surface area contributed by atoms with Gasteiger partial charge in [0, 0.05) is 17.7 Å². The van der Waals surface area contributed by atoms with Gasteiger partial charge in [0.25, 0.3) is 0 Å². The van der Waals surface area contributed by atoms with Crippen molar-refractivity contribution in [3.8, 4) is 11.1 Å². The second kappa shape index (κ2) is 7.03. The monoisotopic (exact) mass is 302 g/mol. The highest BCUT2D eigenvalue weighted by molar-refractivity contribution is 6.12. The van der Waals surface area contributed by atoms with E-state index >= 15 is 0 Å². The molecule has 0 saturated carbocycles. The van der Waals surface area contributed by atoms with Crippen LogP contribution in [-0.2, 0) is 6.42 Å². The van der Waals surface area contributed by atoms with Gasteiger partial charge in [0.1, 0.15) is 0 Å². The van der Waals surface area contributed by atoms with Crippen LogP contribution in [0.25, 0.3) is 11.1 Å². The normalized spacial score (nSPS) is 10.5. The fraction of sp³-hybridized carbons (Fsp3) is 0.0952. The Kier molecular flexibility index (Phi) is 4.65. The van der Waals surface area contributed by atoms with Crippen molar-refractivity contribution in [3.63, 3.8) is 0 Å². The lowest BCUT2D eigenvalue weighted by Gasteiger charge is -2.10. The van der Waals surface area contributed by atoms with E-state index in [9.17, 15) is 4.79 Å². The van der Waals surface area contributed by atoms with Crippen LogP contribution in [0.2, 0.25) is 0 Å². The molecule has 2 nitrogen and oxygen atoms in total. The SMILES string of the molecule is O=C(c1ccccc1)c1ccccc1-c1ccc(CCO)cc1. The average Bonchev–Trinajstić information content (AvgIpc) is 2.63. The Labute approximate surface area is 136 Å². The molecular weight excluding hydrogens is 284 g/mol. The van der Waals surface area contributed by atoms with Gasteiger partial charge in [-0.15, -0.1) is 0 Å². The summed E-state index contributed by atoms with van der Waals surface area (Å²) in [7, 11) is 0. The fourth-order valence-electron chi connectivity index (χ4n) is 2.66. The van der Waals surface area contributed by atoms with Crippen LogP contribution in [0.5, 0.6) is 0 Å². The Morgan fingerprint density at radius 2 is 1.43 bits per heavy atom. The van der Waals surface area contributed by atoms with Crippen LogP contribution in [-0.4, -0.2) is 17.5 Å². The maximum atomic E-state index is 12.8. The summed E-state index contributed by atoms with van der Waals surface area (Å²) in [6.07, 6.45) is 0.644. The van der Waals surface area contributed by atoms with Gasteiger partial charge in [0.2, 0.25) is 0 Å². The first-order valence-electron chi connectivity index (χ1n) is 7.68. The molecule has 0 amide bonds. The first-order chi connectivity index (χ1) is 11.3. The Morgan fingerprint density at radius 1 is 0.783 bits per heavy atom. The van der Waals surface area contributed by atoms with Crippen LogP contribution in [0.3, 0.4) is 0 Å². The Bertz CT molecular complexity index is 790. The van der Waals surface area contributed by atoms with Crippen molar-refractivity contribution < 1.29 is 9.90 Å². The van der Waals surface area contributed by atoms with Crippen LogP contribution in [0.15, 0.2) is 78.9 Å². The number of carbonyl (C=O) groups excluding carboxylic acids is 1. The quantitative estimate of drug-likeness (QED) is 0.720. The molecule has 0 aliphatic carbocycles. The Morgan fingerprint density at radius 3 is 2.13 bits per heavy atom. The molecule has 0 unspecified atom stereocenters. The van der Waals surface area contributed by atoms with Crippen LogP contribution in [0.1, 0.15) is 21.5 Å². The lowest BCUT2D eigenvalue weighted by Crippen LogP contribution is -2.03. The molecule has 0 atom stereocenters. The first kappa shape index (κ1) is 15.2. The van der Waals surface area contributed by atoms with Crippen LogP contribution in [0, 0.1) is 0 Å². The molecule has 0 fully saturated rings. The van der Waals surface area contributed by atoms with E-state index in [4.69, 9.17) is 5.11 Å². The highest BCUT2D eigenvalue weighted by atomic mass is 16.2. The minimum Gasteiger partial charge on any atom is -0.396 e. The Balaban J connectivity index is 1.99. The molecule has 114 valence electrons. The number of aliphatic hydroxyl groups is 1. The molecule has 0 bridgehead atoms. The summed E-state index contributed by atoms with van der Waals surface area (Å²) >= 11 is 0. The van der Waals surface area contributed by atoms with E-state index in [0.29, 0.717) is 17.5 Å². The molecule has 0 heterocycles. The molecule has 2 heteroatoms.